The van der Waals surface area contributed by atoms with Crippen molar-refractivity contribution in [1.82, 2.24) is 19.8 Å². The number of non-ortho nitro benzene ring substituents is 1. The topological polar surface area (TPSA) is 279 Å². The van der Waals surface area contributed by atoms with E-state index >= 15 is 0 Å². The fraction of sp³-hybridized carbons (Fsp3) is 0.156. The Morgan fingerprint density at radius 2 is 1.57 bits per heavy atom. The molecule has 0 aliphatic rings. The second-order valence-corrected chi connectivity index (χ2v) is 18.5. The van der Waals surface area contributed by atoms with Crippen LogP contribution in [0.1, 0.15) is 24.0 Å². The lowest BCUT2D eigenvalue weighted by atomic mass is 10.1. The maximum Gasteiger partial charge on any atom is 0.419 e. The van der Waals surface area contributed by atoms with E-state index in [0.29, 0.717) is 23.6 Å². The average molecular weight is 966 g/mol. The van der Waals surface area contributed by atoms with E-state index in [0.717, 1.165) is 24.0 Å². The van der Waals surface area contributed by atoms with Crippen LogP contribution in [0.2, 0.25) is 0 Å². The van der Waals surface area contributed by atoms with E-state index in [1.807, 2.05) is 0 Å². The van der Waals surface area contributed by atoms with Crippen molar-refractivity contribution in [2.45, 2.75) is 41.1 Å². The molecule has 0 saturated heterocycles. The van der Waals surface area contributed by atoms with Gasteiger partial charge in [0.2, 0.25) is 15.5 Å². The van der Waals surface area contributed by atoms with Gasteiger partial charge in [0, 0.05) is 43.6 Å². The molecule has 1 unspecified atom stereocenters. The summed E-state index contributed by atoms with van der Waals surface area (Å²) in [6, 6.07) is 25.5. The van der Waals surface area contributed by atoms with Crippen molar-refractivity contribution in [2.75, 3.05) is 30.6 Å². The van der Waals surface area contributed by atoms with Crippen molar-refractivity contribution in [1.29, 1.82) is 0 Å². The van der Waals surface area contributed by atoms with Crippen LogP contribution in [0.5, 0.6) is 23.0 Å². The summed E-state index contributed by atoms with van der Waals surface area (Å²) in [6.07, 6.45) is -0.523. The minimum atomic E-state index is -3.89. The number of azo groups is 1. The number of aromatic hydroxyl groups is 1. The molecule has 0 fully saturated rings. The van der Waals surface area contributed by atoms with Crippen molar-refractivity contribution >= 4 is 65.8 Å². The number of phenols is 1. The first kappa shape index (κ1) is 49.0. The van der Waals surface area contributed by atoms with E-state index < -0.39 is 48.4 Å². The fourth-order valence-corrected chi connectivity index (χ4v) is 8.50. The number of nitro groups is 1. The largest absolute Gasteiger partial charge is 0.508 e. The highest BCUT2D eigenvalue weighted by atomic mass is 32.2. The molecule has 352 valence electrons. The lowest BCUT2D eigenvalue weighted by Gasteiger charge is -2.19. The number of sulfone groups is 2. The molecule has 21 nitrogen and oxygen atoms in total. The lowest BCUT2D eigenvalue weighted by molar-refractivity contribution is -0.385. The Balaban J connectivity index is 0.00000376. The number of nitro benzene ring substituents is 1. The number of rotatable bonds is 15. The number of carbonyl (C=O) groups excluding carboxylic acids is 2. The number of carbonyl (C=O) groups is 2. The number of hydrogen-bond donors (Lipinski definition) is 3. The summed E-state index contributed by atoms with van der Waals surface area (Å²) in [5.41, 5.74) is 2.02. The van der Waals surface area contributed by atoms with Crippen LogP contribution in [0.25, 0.3) is 5.65 Å². The van der Waals surface area contributed by atoms with E-state index in [-0.39, 0.29) is 60.4 Å². The molecule has 3 N–H and O–H groups in total. The maximum atomic E-state index is 13.5. The number of aromatic nitrogens is 4. The number of anilines is 2. The van der Waals surface area contributed by atoms with Gasteiger partial charge in [0.05, 0.1) is 38.9 Å². The van der Waals surface area contributed by atoms with Crippen LogP contribution in [0.4, 0.5) is 33.2 Å². The molecule has 7 aromatic rings. The SMILES string of the molecule is C=C.COc1cc(N=Nc2ccc([N+](=O)[O-])cc2S(C)(=O)=O)ccc1N(C)C(=O)Oc1c(C)[nH]n2c(Cc3ccc(NC(=O)C(C)Oc4ccc(S(=O)(=O)c5ccc(O)cc5)cc4)cc3)nnc12. The summed E-state index contributed by atoms with van der Waals surface area (Å²) in [7, 11) is -4.88. The van der Waals surface area contributed by atoms with Gasteiger partial charge >= 0.3 is 6.09 Å². The number of fused-ring (bicyclic) bond motifs is 1. The van der Waals surface area contributed by atoms with Crippen LogP contribution in [0.15, 0.2) is 147 Å². The van der Waals surface area contributed by atoms with Crippen molar-refractivity contribution in [3.05, 3.63) is 150 Å². The van der Waals surface area contributed by atoms with Crippen LogP contribution in [-0.2, 0) is 30.9 Å². The van der Waals surface area contributed by atoms with Gasteiger partial charge in [0.1, 0.15) is 27.8 Å². The summed E-state index contributed by atoms with van der Waals surface area (Å²) >= 11 is 0. The number of nitrogens with zero attached hydrogens (tertiary/aromatic N) is 7. The zero-order chi connectivity index (χ0) is 49.5. The monoisotopic (exact) mass is 965 g/mol. The highest BCUT2D eigenvalue weighted by Gasteiger charge is 2.25. The van der Waals surface area contributed by atoms with E-state index in [1.165, 1.54) is 91.9 Å². The summed E-state index contributed by atoms with van der Waals surface area (Å²) in [4.78, 5) is 37.8. The Morgan fingerprint density at radius 1 is 0.926 bits per heavy atom. The first-order valence-electron chi connectivity index (χ1n) is 20.0. The molecule has 2 amide bonds. The molecule has 7 rings (SSSR count). The van der Waals surface area contributed by atoms with Crippen LogP contribution >= 0.6 is 0 Å². The minimum Gasteiger partial charge on any atom is -0.508 e. The van der Waals surface area contributed by atoms with Gasteiger partial charge in [-0.15, -0.1) is 28.5 Å². The highest BCUT2D eigenvalue weighted by molar-refractivity contribution is 7.91. The molecular formula is C45H43N9O12S2. The van der Waals surface area contributed by atoms with Crippen LogP contribution in [-0.4, -0.2) is 85.2 Å². The van der Waals surface area contributed by atoms with Gasteiger partial charge in [-0.3, -0.25) is 24.9 Å². The van der Waals surface area contributed by atoms with Crippen molar-refractivity contribution < 1.29 is 50.7 Å². The molecule has 68 heavy (non-hydrogen) atoms. The number of hydrogen-bond acceptors (Lipinski definition) is 16. The number of benzene rings is 5. The molecule has 0 bridgehead atoms. The number of nitrogens with one attached hydrogen (secondary N) is 2. The van der Waals surface area contributed by atoms with E-state index in [4.69, 9.17) is 14.2 Å². The maximum absolute atomic E-state index is 13.5. The molecule has 0 aliphatic carbocycles. The zero-order valence-electron chi connectivity index (χ0n) is 37.0. The van der Waals surface area contributed by atoms with Crippen LogP contribution in [0.3, 0.4) is 0 Å². The summed E-state index contributed by atoms with van der Waals surface area (Å²) in [6.45, 7) is 9.25. The first-order valence-corrected chi connectivity index (χ1v) is 23.4. The van der Waals surface area contributed by atoms with E-state index in [9.17, 15) is 41.6 Å². The fourth-order valence-electron chi connectivity index (χ4n) is 6.42. The molecule has 5 aromatic carbocycles. The lowest BCUT2D eigenvalue weighted by Crippen LogP contribution is -2.30. The van der Waals surface area contributed by atoms with E-state index in [1.54, 1.807) is 42.6 Å². The molecule has 0 saturated carbocycles. The number of aryl methyl sites for hydroxylation is 1. The smallest absolute Gasteiger partial charge is 0.419 e. The molecular weight excluding hydrogens is 923 g/mol. The van der Waals surface area contributed by atoms with E-state index in [2.05, 4.69) is 44.0 Å². The second-order valence-electron chi connectivity index (χ2n) is 14.6. The predicted molar refractivity (Wildman–Crippen MR) is 249 cm³/mol. The van der Waals surface area contributed by atoms with Gasteiger partial charge in [-0.2, -0.15) is 5.11 Å². The Hall–Kier alpha value is -8.44. The second kappa shape index (κ2) is 20.4. The van der Waals surface area contributed by atoms with Gasteiger partial charge < -0.3 is 24.6 Å². The standard InChI is InChI=1S/C43H39N9O12S2.C2H4/c1-25-40(64-43(55)50(3)36-21-10-29(23-37(36)62-4)45-46-35-20-11-30(52(56)57)24-38(35)65(5,58)59)41-48-47-39(51(41)49-25)22-27-6-8-28(9-7-27)44-42(54)26(2)63-32-14-18-34(19-15-32)66(60,61)33-16-12-31(53)13-17-33;1-2/h6-21,23-24,26,49,53H,22H2,1-5H3,(H,44,54);1-2H2. The summed E-state index contributed by atoms with van der Waals surface area (Å²) < 4.78 is 69.1. The third-order valence-electron chi connectivity index (χ3n) is 9.91. The molecule has 23 heteroatoms. The number of aromatic amines is 1. The Morgan fingerprint density at radius 3 is 2.19 bits per heavy atom. The van der Waals surface area contributed by atoms with Gasteiger partial charge in [-0.1, -0.05) is 12.1 Å². The number of phenolic OH excluding ortho intramolecular Hbond substituents is 1. The molecule has 0 aliphatic heterocycles. The van der Waals surface area contributed by atoms with Crippen LogP contribution < -0.4 is 24.4 Å². The van der Waals surface area contributed by atoms with Crippen molar-refractivity contribution in [2.24, 2.45) is 10.2 Å². The van der Waals surface area contributed by atoms with Gasteiger partial charge in [-0.05, 0) is 98.3 Å². The summed E-state index contributed by atoms with van der Waals surface area (Å²) in [5, 5.41) is 43.2. The van der Waals surface area contributed by atoms with Crippen molar-refractivity contribution in [3.8, 4) is 23.0 Å². The van der Waals surface area contributed by atoms with Crippen LogP contribution in [0, 0.1) is 17.0 Å². The molecule has 0 spiro atoms. The third-order valence-corrected chi connectivity index (χ3v) is 12.8. The average Bonchev–Trinajstić information content (AvgIpc) is 3.85. The number of H-pyrrole nitrogens is 1. The van der Waals surface area contributed by atoms with Gasteiger partial charge in [0.15, 0.2) is 27.5 Å². The number of amides is 2. The van der Waals surface area contributed by atoms with Crippen molar-refractivity contribution in [3.63, 3.8) is 0 Å². The Bertz CT molecular complexity index is 3260. The number of methoxy groups -OCH3 is 1. The third kappa shape index (κ3) is 11.0. The molecule has 1 atom stereocenters. The highest BCUT2D eigenvalue weighted by Crippen LogP contribution is 2.36. The zero-order valence-corrected chi connectivity index (χ0v) is 38.6. The molecule has 0 radical (unpaired) electrons. The molecule has 2 heterocycles. The Labute approximate surface area is 389 Å². The number of ether oxygens (including phenoxy) is 3. The molecule has 2 aromatic heterocycles. The van der Waals surface area contributed by atoms with Gasteiger partial charge in [-0.25, -0.2) is 26.1 Å². The minimum absolute atomic E-state index is 0.0214. The van der Waals surface area contributed by atoms with Gasteiger partial charge in [0.25, 0.3) is 11.6 Å². The predicted octanol–water partition coefficient (Wildman–Crippen LogP) is 8.07. The normalized spacial score (nSPS) is 11.9. The Kier molecular flexibility index (Phi) is 14.7. The summed E-state index contributed by atoms with van der Waals surface area (Å²) in [5.74, 6) is 0.604. The quantitative estimate of drug-likeness (QED) is 0.0379. The first-order chi connectivity index (χ1) is 32.3.